The van der Waals surface area contributed by atoms with Crippen molar-refractivity contribution in [1.29, 1.82) is 0 Å². The molecule has 0 bridgehead atoms. The van der Waals surface area contributed by atoms with E-state index >= 15 is 0 Å². The Hall–Kier alpha value is -1.81. The van der Waals surface area contributed by atoms with Crippen molar-refractivity contribution in [3.8, 4) is 5.88 Å². The molecule has 0 radical (unpaired) electrons. The summed E-state index contributed by atoms with van der Waals surface area (Å²) in [6, 6.07) is 2.15. The number of H-pyrrole nitrogens is 1. The molecule has 0 unspecified atom stereocenters. The Morgan fingerprint density at radius 1 is 1.13 bits per heavy atom. The number of alkyl halides is 5. The third-order valence-corrected chi connectivity index (χ3v) is 5.59. The molecule has 1 heterocycles. The minimum absolute atomic E-state index is 0.00758. The van der Waals surface area contributed by atoms with Crippen LogP contribution in [0.2, 0.25) is 10.0 Å². The van der Waals surface area contributed by atoms with Gasteiger partial charge in [0.15, 0.2) is 18.1 Å². The predicted molar refractivity (Wildman–Crippen MR) is 99.2 cm³/mol. The summed E-state index contributed by atoms with van der Waals surface area (Å²) in [5.41, 5.74) is -0.163. The van der Waals surface area contributed by atoms with Gasteiger partial charge >= 0.3 is 12.1 Å². The molecular formula is C18H18Cl2F6N3O+. The molecule has 1 saturated carbocycles. The van der Waals surface area contributed by atoms with Crippen molar-refractivity contribution in [3.05, 3.63) is 34.2 Å². The number of aromatic nitrogens is 2. The van der Waals surface area contributed by atoms with Crippen LogP contribution in [0.3, 0.4) is 0 Å². The molecular weight excluding hydrogens is 459 g/mol. The maximum Gasteiger partial charge on any atom is 0.391 e. The van der Waals surface area contributed by atoms with E-state index < -0.39 is 37.0 Å². The number of anilines is 2. The lowest BCUT2D eigenvalue weighted by Gasteiger charge is -2.29. The molecule has 0 atom stereocenters. The Balaban J connectivity index is 1.90. The van der Waals surface area contributed by atoms with Crippen molar-refractivity contribution in [3.63, 3.8) is 0 Å². The van der Waals surface area contributed by atoms with Crippen LogP contribution in [-0.2, 0) is 0 Å². The molecule has 0 saturated heterocycles. The smallest absolute Gasteiger partial charge is 0.391 e. The van der Waals surface area contributed by atoms with Crippen LogP contribution in [0.5, 0.6) is 5.88 Å². The molecule has 12 heteroatoms. The quantitative estimate of drug-likeness (QED) is 0.286. The predicted octanol–water partition coefficient (Wildman–Crippen LogP) is 6.43. The molecule has 1 aliphatic carbocycles. The van der Waals surface area contributed by atoms with E-state index in [1.807, 2.05) is 0 Å². The fourth-order valence-corrected chi connectivity index (χ4v) is 3.87. The highest BCUT2D eigenvalue weighted by atomic mass is 35.5. The van der Waals surface area contributed by atoms with E-state index in [0.717, 1.165) is 0 Å². The van der Waals surface area contributed by atoms with Gasteiger partial charge in [0, 0.05) is 0 Å². The fraction of sp³-hybridized carbons (Fsp3) is 0.500. The van der Waals surface area contributed by atoms with Gasteiger partial charge in [0.25, 0.3) is 12.3 Å². The number of hydrogen-bond acceptors (Lipinski definition) is 2. The van der Waals surface area contributed by atoms with E-state index in [1.165, 1.54) is 22.9 Å². The molecule has 2 aromatic rings. The summed E-state index contributed by atoms with van der Waals surface area (Å²) in [6.07, 6.45) is -5.72. The Kier molecular flexibility index (Phi) is 6.96. The number of nitrogens with zero attached hydrogens (tertiary/aromatic N) is 1. The first kappa shape index (κ1) is 22.9. The largest absolute Gasteiger partial charge is 0.460 e. The molecule has 0 aliphatic heterocycles. The van der Waals surface area contributed by atoms with Crippen molar-refractivity contribution in [2.45, 2.75) is 44.3 Å². The van der Waals surface area contributed by atoms with E-state index in [9.17, 15) is 26.3 Å². The van der Waals surface area contributed by atoms with E-state index in [-0.39, 0.29) is 53.2 Å². The first-order valence-electron chi connectivity index (χ1n) is 9.09. The second-order valence-corrected chi connectivity index (χ2v) is 7.75. The number of hydrogen-bond donors (Lipinski definition) is 2. The molecule has 1 fully saturated rings. The highest BCUT2D eigenvalue weighted by Crippen LogP contribution is 2.41. The van der Waals surface area contributed by atoms with E-state index in [0.29, 0.717) is 0 Å². The van der Waals surface area contributed by atoms with Crippen LogP contribution in [0.25, 0.3) is 0 Å². The SMILES string of the molecule is Fc1c(Cl)ccc(Cl)c1Nc1[nH]cc(OCC(F)F)[n+]1C1CCC(C(F)(F)F)CC1. The zero-order valence-electron chi connectivity index (χ0n) is 15.4. The van der Waals surface area contributed by atoms with E-state index in [2.05, 4.69) is 10.3 Å². The number of benzene rings is 1. The first-order valence-corrected chi connectivity index (χ1v) is 9.84. The average molecular weight is 477 g/mol. The average Bonchev–Trinajstić information content (AvgIpc) is 3.08. The summed E-state index contributed by atoms with van der Waals surface area (Å²) in [7, 11) is 0. The molecule has 4 nitrogen and oxygen atoms in total. The minimum atomic E-state index is -4.29. The fourth-order valence-electron chi connectivity index (χ4n) is 3.52. The Labute approximate surface area is 178 Å². The molecule has 1 aliphatic rings. The van der Waals surface area contributed by atoms with Gasteiger partial charge in [0.1, 0.15) is 6.20 Å². The van der Waals surface area contributed by atoms with Gasteiger partial charge in [0.2, 0.25) is 0 Å². The minimum Gasteiger partial charge on any atom is -0.460 e. The molecule has 1 aromatic heterocycles. The van der Waals surface area contributed by atoms with Crippen LogP contribution < -0.4 is 14.6 Å². The van der Waals surface area contributed by atoms with Gasteiger partial charge in [-0.1, -0.05) is 23.2 Å². The van der Waals surface area contributed by atoms with Crippen LogP contribution in [0, 0.1) is 11.7 Å². The lowest BCUT2D eigenvalue weighted by Crippen LogP contribution is -2.45. The molecule has 0 spiro atoms. The number of aromatic amines is 1. The number of nitrogens with one attached hydrogen (secondary N) is 2. The monoisotopic (exact) mass is 476 g/mol. The molecule has 2 N–H and O–H groups in total. The van der Waals surface area contributed by atoms with Crippen molar-refractivity contribution in [2.24, 2.45) is 5.92 Å². The van der Waals surface area contributed by atoms with E-state index in [1.54, 1.807) is 0 Å². The zero-order chi connectivity index (χ0) is 22.1. The number of ether oxygens (including phenoxy) is 1. The summed E-state index contributed by atoms with van der Waals surface area (Å²) >= 11 is 11.8. The third kappa shape index (κ3) is 5.08. The Morgan fingerprint density at radius 3 is 2.37 bits per heavy atom. The number of halogens is 8. The Bertz CT molecular complexity index is 882. The van der Waals surface area contributed by atoms with Gasteiger partial charge < -0.3 is 4.74 Å². The van der Waals surface area contributed by atoms with Gasteiger partial charge in [-0.25, -0.2) is 23.5 Å². The van der Waals surface area contributed by atoms with Crippen LogP contribution in [0.15, 0.2) is 18.3 Å². The van der Waals surface area contributed by atoms with Crippen LogP contribution >= 0.6 is 23.2 Å². The Morgan fingerprint density at radius 2 is 1.77 bits per heavy atom. The first-order chi connectivity index (χ1) is 14.1. The van der Waals surface area contributed by atoms with Crippen LogP contribution in [0.4, 0.5) is 38.0 Å². The highest BCUT2D eigenvalue weighted by Gasteiger charge is 2.43. The maximum absolute atomic E-state index is 14.4. The maximum atomic E-state index is 14.4. The molecule has 3 rings (SSSR count). The van der Waals surface area contributed by atoms with Crippen molar-refractivity contribution < 1.29 is 35.6 Å². The summed E-state index contributed by atoms with van der Waals surface area (Å²) in [5, 5.41) is 2.54. The summed E-state index contributed by atoms with van der Waals surface area (Å²) in [5.74, 6) is -2.14. The van der Waals surface area contributed by atoms with Crippen molar-refractivity contribution in [1.82, 2.24) is 4.98 Å². The van der Waals surface area contributed by atoms with Crippen LogP contribution in [-0.4, -0.2) is 24.2 Å². The summed E-state index contributed by atoms with van der Waals surface area (Å²) in [4.78, 5) is 2.75. The van der Waals surface area contributed by atoms with Gasteiger partial charge in [-0.05, 0) is 37.8 Å². The third-order valence-electron chi connectivity index (χ3n) is 4.98. The second kappa shape index (κ2) is 9.13. The molecule has 166 valence electrons. The van der Waals surface area contributed by atoms with Gasteiger partial charge in [-0.3, -0.25) is 0 Å². The van der Waals surface area contributed by atoms with Gasteiger partial charge in [-0.2, -0.15) is 17.7 Å². The van der Waals surface area contributed by atoms with Gasteiger partial charge in [-0.15, -0.1) is 0 Å². The van der Waals surface area contributed by atoms with Crippen molar-refractivity contribution >= 4 is 34.8 Å². The zero-order valence-corrected chi connectivity index (χ0v) is 16.9. The lowest BCUT2D eigenvalue weighted by molar-refractivity contribution is -0.716. The summed E-state index contributed by atoms with van der Waals surface area (Å²) < 4.78 is 85.1. The molecule has 30 heavy (non-hydrogen) atoms. The second-order valence-electron chi connectivity index (χ2n) is 6.94. The normalized spacial score (nSPS) is 19.9. The number of imidazole rings is 1. The highest BCUT2D eigenvalue weighted by molar-refractivity contribution is 6.35. The summed E-state index contributed by atoms with van der Waals surface area (Å²) in [6.45, 7) is -0.901. The van der Waals surface area contributed by atoms with Crippen molar-refractivity contribution in [2.75, 3.05) is 11.9 Å². The molecule has 1 aromatic carbocycles. The van der Waals surface area contributed by atoms with Gasteiger partial charge in [0.05, 0.1) is 22.0 Å². The topological polar surface area (TPSA) is 40.9 Å². The molecule has 0 amide bonds. The standard InChI is InChI=1S/C18H17Cl2F6N3O/c19-11-5-6-12(20)16(15(11)23)28-17-27-7-14(30-8-13(21)22)29(17)10-3-1-9(2-4-10)18(24,25)26/h5-7,9-10,13H,1-4,8H2,(H,27,28)/p+1. The number of rotatable bonds is 6. The van der Waals surface area contributed by atoms with E-state index in [4.69, 9.17) is 27.9 Å². The van der Waals surface area contributed by atoms with Crippen LogP contribution in [0.1, 0.15) is 31.7 Å². The lowest BCUT2D eigenvalue weighted by atomic mass is 9.85.